The molecule has 0 heterocycles. The zero-order valence-corrected chi connectivity index (χ0v) is 12.9. The van der Waals surface area contributed by atoms with E-state index in [-0.39, 0.29) is 5.97 Å². The molecule has 1 rings (SSSR count). The highest BCUT2D eigenvalue weighted by Crippen LogP contribution is 2.29. The Balaban J connectivity index is 3.14. The Labute approximate surface area is 124 Å². The molecule has 0 fully saturated rings. The van der Waals surface area contributed by atoms with Gasteiger partial charge in [-0.15, -0.1) is 0 Å². The molecular formula is C14H19Cl2NO2. The molecule has 0 aromatic heterocycles. The van der Waals surface area contributed by atoms with Gasteiger partial charge in [-0.1, -0.05) is 36.2 Å². The molecule has 5 heteroatoms. The molecule has 0 spiro atoms. The van der Waals surface area contributed by atoms with Gasteiger partial charge in [-0.05, 0) is 44.5 Å². The van der Waals surface area contributed by atoms with Gasteiger partial charge in [-0.2, -0.15) is 0 Å². The zero-order chi connectivity index (χ0) is 14.5. The number of nitrogens with one attached hydrogen (secondary N) is 1. The van der Waals surface area contributed by atoms with Crippen LogP contribution in [-0.2, 0) is 15.1 Å². The topological polar surface area (TPSA) is 38.3 Å². The third-order valence-electron chi connectivity index (χ3n) is 2.91. The number of hydrogen-bond donors (Lipinski definition) is 1. The first-order valence-corrected chi connectivity index (χ1v) is 7.09. The van der Waals surface area contributed by atoms with Gasteiger partial charge in [0.15, 0.2) is 0 Å². The van der Waals surface area contributed by atoms with Gasteiger partial charge >= 0.3 is 5.97 Å². The van der Waals surface area contributed by atoms with Gasteiger partial charge in [-0.3, -0.25) is 5.32 Å². The standard InChI is InChI=1S/C14H19Cl2NO2/c1-4-8-17-14(3,13(18)19-5-2)10-6-7-11(15)12(16)9-10/h6-7,9,17H,4-5,8H2,1-3H3. The molecule has 1 aromatic carbocycles. The van der Waals surface area contributed by atoms with Crippen LogP contribution < -0.4 is 5.32 Å². The lowest BCUT2D eigenvalue weighted by Crippen LogP contribution is -2.48. The van der Waals surface area contributed by atoms with E-state index in [0.29, 0.717) is 23.2 Å². The lowest BCUT2D eigenvalue weighted by atomic mass is 9.92. The van der Waals surface area contributed by atoms with E-state index in [1.165, 1.54) is 0 Å². The van der Waals surface area contributed by atoms with Crippen LogP contribution in [0.4, 0.5) is 0 Å². The summed E-state index contributed by atoms with van der Waals surface area (Å²) in [6, 6.07) is 5.17. The molecule has 1 unspecified atom stereocenters. The van der Waals surface area contributed by atoms with Crippen LogP contribution in [0.25, 0.3) is 0 Å². The predicted molar refractivity (Wildman–Crippen MR) is 78.7 cm³/mol. The Morgan fingerprint density at radius 1 is 1.32 bits per heavy atom. The van der Waals surface area contributed by atoms with Crippen LogP contribution in [-0.4, -0.2) is 19.1 Å². The summed E-state index contributed by atoms with van der Waals surface area (Å²) in [5.74, 6) is -0.318. The zero-order valence-electron chi connectivity index (χ0n) is 11.4. The second kappa shape index (κ2) is 7.13. The second-order valence-electron chi connectivity index (χ2n) is 4.40. The summed E-state index contributed by atoms with van der Waals surface area (Å²) in [7, 11) is 0. The normalized spacial score (nSPS) is 13.9. The first-order chi connectivity index (χ1) is 8.95. The van der Waals surface area contributed by atoms with Crippen LogP contribution in [0, 0.1) is 0 Å². The van der Waals surface area contributed by atoms with E-state index in [1.54, 1.807) is 32.0 Å². The molecule has 19 heavy (non-hydrogen) atoms. The first-order valence-electron chi connectivity index (χ1n) is 6.33. The van der Waals surface area contributed by atoms with Crippen LogP contribution in [0.3, 0.4) is 0 Å². The molecule has 0 aliphatic carbocycles. The van der Waals surface area contributed by atoms with Crippen molar-refractivity contribution in [1.82, 2.24) is 5.32 Å². The summed E-state index contributed by atoms with van der Waals surface area (Å²) in [5, 5.41) is 4.11. The van der Waals surface area contributed by atoms with Crippen LogP contribution in [0.1, 0.15) is 32.8 Å². The summed E-state index contributed by atoms with van der Waals surface area (Å²) in [5.41, 5.74) is -0.172. The molecule has 1 aromatic rings. The predicted octanol–water partition coefficient (Wildman–Crippen LogP) is 3.77. The average molecular weight is 304 g/mol. The fraction of sp³-hybridized carbons (Fsp3) is 0.500. The molecule has 3 nitrogen and oxygen atoms in total. The van der Waals surface area contributed by atoms with Crippen LogP contribution >= 0.6 is 23.2 Å². The van der Waals surface area contributed by atoms with Gasteiger partial charge in [0.1, 0.15) is 5.54 Å². The first kappa shape index (κ1) is 16.3. The Kier molecular flexibility index (Phi) is 6.11. The number of ether oxygens (including phenoxy) is 1. The summed E-state index contributed by atoms with van der Waals surface area (Å²) in [4.78, 5) is 12.2. The number of benzene rings is 1. The lowest BCUT2D eigenvalue weighted by Gasteiger charge is -2.29. The molecule has 1 atom stereocenters. The van der Waals surface area contributed by atoms with Gasteiger partial charge < -0.3 is 4.74 Å². The van der Waals surface area contributed by atoms with Gasteiger partial charge in [0.25, 0.3) is 0 Å². The molecule has 1 N–H and O–H groups in total. The SMILES string of the molecule is CCCNC(C)(C(=O)OCC)c1ccc(Cl)c(Cl)c1. The smallest absolute Gasteiger partial charge is 0.330 e. The number of esters is 1. The fourth-order valence-electron chi connectivity index (χ4n) is 1.75. The number of carbonyl (C=O) groups is 1. The minimum absolute atomic E-state index is 0.318. The maximum Gasteiger partial charge on any atom is 0.330 e. The summed E-state index contributed by atoms with van der Waals surface area (Å²) < 4.78 is 5.15. The highest BCUT2D eigenvalue weighted by Gasteiger charge is 2.36. The van der Waals surface area contributed by atoms with Crippen molar-refractivity contribution in [2.45, 2.75) is 32.7 Å². The Morgan fingerprint density at radius 2 is 2.00 bits per heavy atom. The maximum atomic E-state index is 12.2. The maximum absolute atomic E-state index is 12.2. The van der Waals surface area contributed by atoms with Crippen molar-refractivity contribution in [3.63, 3.8) is 0 Å². The highest BCUT2D eigenvalue weighted by molar-refractivity contribution is 6.42. The molecule has 0 radical (unpaired) electrons. The van der Waals surface area contributed by atoms with E-state index in [0.717, 1.165) is 12.0 Å². The molecule has 0 saturated carbocycles. The summed E-state index contributed by atoms with van der Waals surface area (Å²) >= 11 is 11.9. The van der Waals surface area contributed by atoms with Crippen molar-refractivity contribution in [2.75, 3.05) is 13.2 Å². The Morgan fingerprint density at radius 3 is 2.53 bits per heavy atom. The van der Waals surface area contributed by atoms with Gasteiger partial charge in [0.05, 0.1) is 16.7 Å². The monoisotopic (exact) mass is 303 g/mol. The molecule has 0 aliphatic rings. The molecule has 0 bridgehead atoms. The van der Waals surface area contributed by atoms with Gasteiger partial charge in [0, 0.05) is 0 Å². The Hall–Kier alpha value is -0.770. The van der Waals surface area contributed by atoms with E-state index in [4.69, 9.17) is 27.9 Å². The van der Waals surface area contributed by atoms with E-state index < -0.39 is 5.54 Å². The molecule has 0 aliphatic heterocycles. The number of carbonyl (C=O) groups excluding carboxylic acids is 1. The molecule has 106 valence electrons. The van der Waals surface area contributed by atoms with E-state index >= 15 is 0 Å². The van der Waals surface area contributed by atoms with Crippen molar-refractivity contribution in [3.05, 3.63) is 33.8 Å². The van der Waals surface area contributed by atoms with Gasteiger partial charge in [0.2, 0.25) is 0 Å². The van der Waals surface area contributed by atoms with E-state index in [9.17, 15) is 4.79 Å². The lowest BCUT2D eigenvalue weighted by molar-refractivity contribution is -0.151. The van der Waals surface area contributed by atoms with Crippen molar-refractivity contribution in [3.8, 4) is 0 Å². The van der Waals surface area contributed by atoms with E-state index in [1.807, 2.05) is 6.92 Å². The van der Waals surface area contributed by atoms with Crippen molar-refractivity contribution >= 4 is 29.2 Å². The molecule has 0 amide bonds. The van der Waals surface area contributed by atoms with Crippen molar-refractivity contribution < 1.29 is 9.53 Å². The minimum Gasteiger partial charge on any atom is -0.464 e. The second-order valence-corrected chi connectivity index (χ2v) is 5.22. The van der Waals surface area contributed by atoms with Gasteiger partial charge in [-0.25, -0.2) is 4.79 Å². The fourth-order valence-corrected chi connectivity index (χ4v) is 2.05. The number of hydrogen-bond acceptors (Lipinski definition) is 3. The Bertz CT molecular complexity index is 451. The number of halogens is 2. The van der Waals surface area contributed by atoms with Crippen LogP contribution in [0.15, 0.2) is 18.2 Å². The minimum atomic E-state index is -0.916. The average Bonchev–Trinajstić information content (AvgIpc) is 2.39. The number of rotatable bonds is 6. The highest BCUT2D eigenvalue weighted by atomic mass is 35.5. The third kappa shape index (κ3) is 3.85. The molecular weight excluding hydrogens is 285 g/mol. The van der Waals surface area contributed by atoms with Crippen LogP contribution in [0.5, 0.6) is 0 Å². The van der Waals surface area contributed by atoms with Crippen LogP contribution in [0.2, 0.25) is 10.0 Å². The summed E-state index contributed by atoms with van der Waals surface area (Å²) in [6.07, 6.45) is 0.913. The van der Waals surface area contributed by atoms with E-state index in [2.05, 4.69) is 5.32 Å². The molecule has 0 saturated heterocycles. The third-order valence-corrected chi connectivity index (χ3v) is 3.65. The van der Waals surface area contributed by atoms with Crippen molar-refractivity contribution in [2.24, 2.45) is 0 Å². The van der Waals surface area contributed by atoms with Crippen molar-refractivity contribution in [1.29, 1.82) is 0 Å². The largest absolute Gasteiger partial charge is 0.464 e. The quantitative estimate of drug-likeness (QED) is 0.813. The summed E-state index contributed by atoms with van der Waals surface area (Å²) in [6.45, 7) is 6.65.